The molecule has 0 saturated heterocycles. The third-order valence-corrected chi connectivity index (χ3v) is 4.08. The van der Waals surface area contributed by atoms with Crippen LogP contribution in [0.1, 0.15) is 25.8 Å². The van der Waals surface area contributed by atoms with E-state index in [9.17, 15) is 4.79 Å². The van der Waals surface area contributed by atoms with Gasteiger partial charge in [0.15, 0.2) is 0 Å². The summed E-state index contributed by atoms with van der Waals surface area (Å²) in [7, 11) is 0. The first kappa shape index (κ1) is 12.8. The smallest absolute Gasteiger partial charge is 0.271 e. The second kappa shape index (κ2) is 4.54. The molecular weight excluding hydrogens is 246 g/mol. The molecule has 0 unspecified atom stereocenters. The van der Waals surface area contributed by atoms with Crippen LogP contribution in [-0.4, -0.2) is 9.55 Å². The highest BCUT2D eigenvalue weighted by Gasteiger charge is 2.17. The zero-order valence-electron chi connectivity index (χ0n) is 10.7. The standard InChI is InChI=1S/C13H15N3OS/c1-9-6-18-11-10(9)15-8-16(12(11)17)5-4-13(2,3)7-14/h6,8H,4-5H2,1-3H3. The van der Waals surface area contributed by atoms with Gasteiger partial charge in [0.25, 0.3) is 5.56 Å². The number of fused-ring (bicyclic) bond motifs is 1. The number of aromatic nitrogens is 2. The normalized spacial score (nSPS) is 11.7. The Morgan fingerprint density at radius 1 is 1.56 bits per heavy atom. The molecule has 0 spiro atoms. The molecule has 5 heteroatoms. The number of nitrogens with zero attached hydrogens (tertiary/aromatic N) is 3. The van der Waals surface area contributed by atoms with Crippen molar-refractivity contribution >= 4 is 21.6 Å². The van der Waals surface area contributed by atoms with E-state index in [1.165, 1.54) is 11.3 Å². The predicted octanol–water partition coefficient (Wildman–Crippen LogP) is 2.71. The summed E-state index contributed by atoms with van der Waals surface area (Å²) >= 11 is 1.43. The van der Waals surface area contributed by atoms with Crippen molar-refractivity contribution in [3.63, 3.8) is 0 Å². The van der Waals surface area contributed by atoms with Crippen LogP contribution in [0.15, 0.2) is 16.5 Å². The van der Waals surface area contributed by atoms with Gasteiger partial charge in [-0.05, 0) is 38.1 Å². The van der Waals surface area contributed by atoms with E-state index >= 15 is 0 Å². The molecule has 0 fully saturated rings. The lowest BCUT2D eigenvalue weighted by Gasteiger charge is -2.15. The molecule has 0 aliphatic rings. The molecule has 0 aliphatic carbocycles. The zero-order valence-corrected chi connectivity index (χ0v) is 11.5. The van der Waals surface area contributed by atoms with Crippen molar-refractivity contribution in [3.05, 3.63) is 27.6 Å². The molecule has 0 aromatic carbocycles. The third-order valence-electron chi connectivity index (χ3n) is 3.00. The van der Waals surface area contributed by atoms with Gasteiger partial charge in [-0.15, -0.1) is 11.3 Å². The fourth-order valence-electron chi connectivity index (χ4n) is 1.68. The van der Waals surface area contributed by atoms with E-state index in [-0.39, 0.29) is 5.56 Å². The average molecular weight is 261 g/mol. The summed E-state index contributed by atoms with van der Waals surface area (Å²) in [4.78, 5) is 16.5. The Kier molecular flexibility index (Phi) is 3.22. The van der Waals surface area contributed by atoms with E-state index in [1.54, 1.807) is 10.9 Å². The highest BCUT2D eigenvalue weighted by Crippen LogP contribution is 2.21. The van der Waals surface area contributed by atoms with Crippen LogP contribution in [0.5, 0.6) is 0 Å². The van der Waals surface area contributed by atoms with Gasteiger partial charge in [0.05, 0.1) is 23.3 Å². The van der Waals surface area contributed by atoms with Crippen molar-refractivity contribution in [2.24, 2.45) is 5.41 Å². The summed E-state index contributed by atoms with van der Waals surface area (Å²) in [5, 5.41) is 10.9. The maximum Gasteiger partial charge on any atom is 0.271 e. The monoisotopic (exact) mass is 261 g/mol. The Hall–Kier alpha value is -1.67. The van der Waals surface area contributed by atoms with Crippen molar-refractivity contribution in [2.45, 2.75) is 33.7 Å². The molecule has 18 heavy (non-hydrogen) atoms. The van der Waals surface area contributed by atoms with E-state index < -0.39 is 5.41 Å². The van der Waals surface area contributed by atoms with Crippen LogP contribution < -0.4 is 5.56 Å². The van der Waals surface area contributed by atoms with E-state index in [0.717, 1.165) is 11.1 Å². The molecule has 2 aromatic heterocycles. The largest absolute Gasteiger partial charge is 0.298 e. The number of hydrogen-bond donors (Lipinski definition) is 0. The van der Waals surface area contributed by atoms with E-state index in [4.69, 9.17) is 5.26 Å². The van der Waals surface area contributed by atoms with Gasteiger partial charge in [-0.3, -0.25) is 9.36 Å². The first-order valence-electron chi connectivity index (χ1n) is 5.79. The molecule has 0 saturated carbocycles. The van der Waals surface area contributed by atoms with Crippen LogP contribution in [-0.2, 0) is 6.54 Å². The van der Waals surface area contributed by atoms with Gasteiger partial charge in [0.2, 0.25) is 0 Å². The summed E-state index contributed by atoms with van der Waals surface area (Å²) in [6, 6.07) is 2.24. The quantitative estimate of drug-likeness (QED) is 0.853. The first-order chi connectivity index (χ1) is 8.44. The van der Waals surface area contributed by atoms with Crippen molar-refractivity contribution in [1.82, 2.24) is 9.55 Å². The van der Waals surface area contributed by atoms with Gasteiger partial charge in [-0.1, -0.05) is 0 Å². The third kappa shape index (κ3) is 2.29. The van der Waals surface area contributed by atoms with Gasteiger partial charge >= 0.3 is 0 Å². The van der Waals surface area contributed by atoms with Gasteiger partial charge in [-0.2, -0.15) is 5.26 Å². The molecule has 0 bridgehead atoms. The van der Waals surface area contributed by atoms with Crippen LogP contribution in [0.25, 0.3) is 10.2 Å². The molecule has 0 aliphatic heterocycles. The summed E-state index contributed by atoms with van der Waals surface area (Å²) in [6.45, 7) is 6.23. The van der Waals surface area contributed by atoms with Crippen LogP contribution in [0.4, 0.5) is 0 Å². The number of aryl methyl sites for hydroxylation is 2. The van der Waals surface area contributed by atoms with Crippen molar-refractivity contribution in [2.75, 3.05) is 0 Å². The molecule has 2 aromatic rings. The topological polar surface area (TPSA) is 58.7 Å². The summed E-state index contributed by atoms with van der Waals surface area (Å²) in [6.07, 6.45) is 2.22. The van der Waals surface area contributed by atoms with Crippen LogP contribution in [0, 0.1) is 23.7 Å². The van der Waals surface area contributed by atoms with Crippen LogP contribution in [0.3, 0.4) is 0 Å². The lowest BCUT2D eigenvalue weighted by atomic mass is 9.91. The molecule has 0 N–H and O–H groups in total. The fraction of sp³-hybridized carbons (Fsp3) is 0.462. The summed E-state index contributed by atoms with van der Waals surface area (Å²) in [5.74, 6) is 0. The predicted molar refractivity (Wildman–Crippen MR) is 72.6 cm³/mol. The van der Waals surface area contributed by atoms with Gasteiger partial charge in [0.1, 0.15) is 4.70 Å². The summed E-state index contributed by atoms with van der Waals surface area (Å²) < 4.78 is 2.29. The maximum atomic E-state index is 12.2. The Morgan fingerprint density at radius 2 is 2.28 bits per heavy atom. The lowest BCUT2D eigenvalue weighted by molar-refractivity contribution is 0.408. The molecule has 2 rings (SSSR count). The molecule has 0 atom stereocenters. The van der Waals surface area contributed by atoms with E-state index in [0.29, 0.717) is 17.7 Å². The number of rotatable bonds is 3. The molecule has 0 radical (unpaired) electrons. The SMILES string of the molecule is Cc1csc2c(=O)n(CCC(C)(C)C#N)cnc12. The minimum absolute atomic E-state index is 0.00756. The second-order valence-electron chi connectivity index (χ2n) is 5.09. The van der Waals surface area contributed by atoms with Gasteiger partial charge < -0.3 is 0 Å². The minimum atomic E-state index is -0.417. The first-order valence-corrected chi connectivity index (χ1v) is 6.67. The van der Waals surface area contributed by atoms with Gasteiger partial charge in [0, 0.05) is 6.54 Å². The van der Waals surface area contributed by atoms with Crippen molar-refractivity contribution in [1.29, 1.82) is 5.26 Å². The molecular formula is C13H15N3OS. The minimum Gasteiger partial charge on any atom is -0.298 e. The molecule has 2 heterocycles. The molecule has 4 nitrogen and oxygen atoms in total. The summed E-state index contributed by atoms with van der Waals surface area (Å²) in [5.41, 5.74) is 1.41. The lowest BCUT2D eigenvalue weighted by Crippen LogP contribution is -2.23. The molecule has 94 valence electrons. The number of hydrogen-bond acceptors (Lipinski definition) is 4. The van der Waals surface area contributed by atoms with Gasteiger partial charge in [-0.25, -0.2) is 4.98 Å². The highest BCUT2D eigenvalue weighted by atomic mass is 32.1. The second-order valence-corrected chi connectivity index (χ2v) is 5.96. The Bertz CT molecular complexity index is 676. The Morgan fingerprint density at radius 3 is 2.94 bits per heavy atom. The maximum absolute atomic E-state index is 12.2. The zero-order chi connectivity index (χ0) is 13.3. The van der Waals surface area contributed by atoms with Crippen molar-refractivity contribution < 1.29 is 0 Å². The molecule has 0 amide bonds. The highest BCUT2D eigenvalue weighted by molar-refractivity contribution is 7.17. The number of thiophene rings is 1. The Balaban J connectivity index is 2.34. The number of nitriles is 1. The van der Waals surface area contributed by atoms with E-state index in [2.05, 4.69) is 11.1 Å². The average Bonchev–Trinajstić information content (AvgIpc) is 2.71. The van der Waals surface area contributed by atoms with E-state index in [1.807, 2.05) is 26.2 Å². The fourth-order valence-corrected chi connectivity index (χ4v) is 2.63. The van der Waals surface area contributed by atoms with Crippen LogP contribution in [0.2, 0.25) is 0 Å². The van der Waals surface area contributed by atoms with Crippen molar-refractivity contribution in [3.8, 4) is 6.07 Å². The Labute approximate surface area is 110 Å². The van der Waals surface area contributed by atoms with Crippen LogP contribution >= 0.6 is 11.3 Å².